The summed E-state index contributed by atoms with van der Waals surface area (Å²) in [6.07, 6.45) is 0. The first kappa shape index (κ1) is 15.3. The molecule has 1 aliphatic rings. The van der Waals surface area contributed by atoms with E-state index >= 15 is 0 Å². The zero-order chi connectivity index (χ0) is 16.6. The normalized spacial score (nSPS) is 16.7. The topological polar surface area (TPSA) is 89.3 Å². The number of rotatable bonds is 4. The highest BCUT2D eigenvalue weighted by atomic mass is 32.2. The van der Waals surface area contributed by atoms with Crippen LogP contribution in [0.5, 0.6) is 0 Å². The van der Waals surface area contributed by atoms with E-state index in [1.54, 1.807) is 18.2 Å². The maximum Gasteiger partial charge on any atom is 0.262 e. The fourth-order valence-corrected chi connectivity index (χ4v) is 4.35. The molecular formula is C17H16N2O3S. The monoisotopic (exact) mass is 328 g/mol. The van der Waals surface area contributed by atoms with Crippen molar-refractivity contribution in [3.63, 3.8) is 0 Å². The molecule has 0 spiro atoms. The zero-order valence-electron chi connectivity index (χ0n) is 12.5. The highest BCUT2D eigenvalue weighted by Crippen LogP contribution is 2.38. The molecule has 0 aliphatic carbocycles. The Bertz CT molecular complexity index is 902. The second-order valence-corrected chi connectivity index (χ2v) is 7.20. The molecule has 6 heteroatoms. The zero-order valence-corrected chi connectivity index (χ0v) is 13.3. The Morgan fingerprint density at radius 2 is 1.65 bits per heavy atom. The van der Waals surface area contributed by atoms with Crippen molar-refractivity contribution in [2.24, 2.45) is 5.73 Å². The molecule has 3 N–H and O–H groups in total. The number of hydrogen-bond donors (Lipinski definition) is 2. The molecule has 2 aromatic carbocycles. The third-order valence-electron chi connectivity index (χ3n) is 3.83. The average Bonchev–Trinajstić information content (AvgIpc) is 2.76. The van der Waals surface area contributed by atoms with Gasteiger partial charge in [-0.15, -0.1) is 0 Å². The van der Waals surface area contributed by atoms with Gasteiger partial charge in [0.1, 0.15) is 0 Å². The molecule has 1 unspecified atom stereocenters. The minimum absolute atomic E-state index is 0.108. The lowest BCUT2D eigenvalue weighted by Crippen LogP contribution is -2.24. The molecular weight excluding hydrogens is 312 g/mol. The molecule has 1 amide bonds. The summed E-state index contributed by atoms with van der Waals surface area (Å²) in [4.78, 5) is 11.5. The van der Waals surface area contributed by atoms with Gasteiger partial charge in [0.15, 0.2) is 4.91 Å². The molecule has 3 rings (SSSR count). The largest absolute Gasteiger partial charge is 0.377 e. The molecule has 1 heterocycles. The first-order valence-electron chi connectivity index (χ1n) is 7.13. The average molecular weight is 328 g/mol. The van der Waals surface area contributed by atoms with E-state index in [1.165, 1.54) is 6.07 Å². The van der Waals surface area contributed by atoms with E-state index in [0.717, 1.165) is 5.56 Å². The summed E-state index contributed by atoms with van der Waals surface area (Å²) >= 11 is 0. The smallest absolute Gasteiger partial charge is 0.262 e. The number of hydrogen-bond acceptors (Lipinski definition) is 4. The summed E-state index contributed by atoms with van der Waals surface area (Å²) in [6, 6.07) is 15.9. The molecule has 23 heavy (non-hydrogen) atoms. The van der Waals surface area contributed by atoms with Gasteiger partial charge in [0.2, 0.25) is 9.84 Å². The highest BCUT2D eigenvalue weighted by Gasteiger charge is 2.39. The fourth-order valence-electron chi connectivity index (χ4n) is 2.71. The molecule has 0 radical (unpaired) electrons. The molecule has 0 bridgehead atoms. The van der Waals surface area contributed by atoms with Crippen molar-refractivity contribution in [3.05, 3.63) is 70.6 Å². The maximum absolute atomic E-state index is 12.6. The number of fused-ring (bicyclic) bond motifs is 1. The molecule has 2 aromatic rings. The van der Waals surface area contributed by atoms with Gasteiger partial charge in [-0.2, -0.15) is 0 Å². The number of sulfone groups is 1. The van der Waals surface area contributed by atoms with E-state index in [1.807, 2.05) is 37.3 Å². The van der Waals surface area contributed by atoms with Gasteiger partial charge >= 0.3 is 0 Å². The summed E-state index contributed by atoms with van der Waals surface area (Å²) in [7, 11) is -3.88. The van der Waals surface area contributed by atoms with Crippen LogP contribution in [-0.2, 0) is 14.6 Å². The summed E-state index contributed by atoms with van der Waals surface area (Å²) in [5, 5.41) is 3.14. The van der Waals surface area contributed by atoms with Crippen LogP contribution in [0, 0.1) is 0 Å². The second-order valence-electron chi connectivity index (χ2n) is 5.34. The van der Waals surface area contributed by atoms with Crippen LogP contribution in [0.1, 0.15) is 24.1 Å². The van der Waals surface area contributed by atoms with Crippen LogP contribution in [0.4, 0.5) is 0 Å². The highest BCUT2D eigenvalue weighted by molar-refractivity contribution is 7.97. The van der Waals surface area contributed by atoms with Crippen molar-refractivity contribution in [2.45, 2.75) is 17.9 Å². The molecule has 1 aliphatic heterocycles. The molecule has 0 saturated heterocycles. The van der Waals surface area contributed by atoms with Crippen LogP contribution in [0.2, 0.25) is 0 Å². The number of amides is 1. The van der Waals surface area contributed by atoms with Gasteiger partial charge in [-0.1, -0.05) is 48.5 Å². The van der Waals surface area contributed by atoms with Crippen LogP contribution >= 0.6 is 0 Å². The second kappa shape index (κ2) is 5.55. The van der Waals surface area contributed by atoms with E-state index in [2.05, 4.69) is 5.32 Å². The SMILES string of the molecule is CC(NC1=C(C(N)=O)S(=O)(=O)c2ccccc21)c1ccccc1. The van der Waals surface area contributed by atoms with Crippen molar-refractivity contribution >= 4 is 21.4 Å². The molecule has 118 valence electrons. The van der Waals surface area contributed by atoms with Crippen molar-refractivity contribution in [2.75, 3.05) is 0 Å². The van der Waals surface area contributed by atoms with Crippen LogP contribution in [0.25, 0.3) is 5.70 Å². The van der Waals surface area contributed by atoms with E-state index in [9.17, 15) is 13.2 Å². The minimum Gasteiger partial charge on any atom is -0.377 e. The van der Waals surface area contributed by atoms with E-state index in [4.69, 9.17) is 5.73 Å². The number of carbonyl (C=O) groups is 1. The van der Waals surface area contributed by atoms with Crippen LogP contribution < -0.4 is 11.1 Å². The van der Waals surface area contributed by atoms with Crippen LogP contribution in [0.15, 0.2) is 64.4 Å². The van der Waals surface area contributed by atoms with E-state index in [0.29, 0.717) is 5.56 Å². The maximum atomic E-state index is 12.6. The van der Waals surface area contributed by atoms with Gasteiger partial charge in [0.25, 0.3) is 5.91 Å². The number of nitrogens with two attached hydrogens (primary N) is 1. The Kier molecular flexibility index (Phi) is 3.69. The number of carbonyl (C=O) groups excluding carboxylic acids is 1. The molecule has 5 nitrogen and oxygen atoms in total. The summed E-state index contributed by atoms with van der Waals surface area (Å²) in [6.45, 7) is 1.90. The number of nitrogens with one attached hydrogen (secondary N) is 1. The predicted octanol–water partition coefficient (Wildman–Crippen LogP) is 1.98. The first-order chi connectivity index (χ1) is 10.9. The predicted molar refractivity (Wildman–Crippen MR) is 87.7 cm³/mol. The Balaban J connectivity index is 2.11. The van der Waals surface area contributed by atoms with Gasteiger partial charge in [-0.25, -0.2) is 8.42 Å². The van der Waals surface area contributed by atoms with Crippen molar-refractivity contribution < 1.29 is 13.2 Å². The first-order valence-corrected chi connectivity index (χ1v) is 8.61. The Morgan fingerprint density at radius 1 is 1.04 bits per heavy atom. The molecule has 1 atom stereocenters. The summed E-state index contributed by atoms with van der Waals surface area (Å²) in [5.74, 6) is -0.955. The van der Waals surface area contributed by atoms with Gasteiger partial charge < -0.3 is 11.1 Å². The lowest BCUT2D eigenvalue weighted by molar-refractivity contribution is -0.113. The van der Waals surface area contributed by atoms with Gasteiger partial charge in [-0.05, 0) is 18.6 Å². The van der Waals surface area contributed by atoms with Crippen molar-refractivity contribution in [1.82, 2.24) is 5.32 Å². The lowest BCUT2D eigenvalue weighted by atomic mass is 10.1. The minimum atomic E-state index is -3.88. The van der Waals surface area contributed by atoms with Crippen molar-refractivity contribution in [3.8, 4) is 0 Å². The summed E-state index contributed by atoms with van der Waals surface area (Å²) in [5.41, 5.74) is 7.06. The number of primary amides is 1. The third kappa shape index (κ3) is 2.51. The van der Waals surface area contributed by atoms with Crippen molar-refractivity contribution in [1.29, 1.82) is 0 Å². The van der Waals surface area contributed by atoms with Crippen LogP contribution in [0.3, 0.4) is 0 Å². The standard InChI is InChI=1S/C17H16N2O3S/c1-11(12-7-3-2-4-8-12)19-15-13-9-5-6-10-14(13)23(21,22)16(15)17(18)20/h2-11,19H,1H3,(H2,18,20). The lowest BCUT2D eigenvalue weighted by Gasteiger charge is -2.17. The van der Waals surface area contributed by atoms with Gasteiger partial charge in [0, 0.05) is 11.6 Å². The quantitative estimate of drug-likeness (QED) is 0.898. The molecule has 0 saturated carbocycles. The van der Waals surface area contributed by atoms with Crippen LogP contribution in [-0.4, -0.2) is 14.3 Å². The molecule has 0 fully saturated rings. The van der Waals surface area contributed by atoms with Gasteiger partial charge in [0.05, 0.1) is 10.6 Å². The third-order valence-corrected chi connectivity index (χ3v) is 5.70. The van der Waals surface area contributed by atoms with Gasteiger partial charge in [-0.3, -0.25) is 4.79 Å². The Morgan fingerprint density at radius 3 is 2.30 bits per heavy atom. The van der Waals surface area contributed by atoms with E-state index in [-0.39, 0.29) is 21.5 Å². The van der Waals surface area contributed by atoms with E-state index < -0.39 is 15.7 Å². The Labute approximate surface area is 134 Å². The molecule has 0 aromatic heterocycles. The fraction of sp³-hybridized carbons (Fsp3) is 0.118. The summed E-state index contributed by atoms with van der Waals surface area (Å²) < 4.78 is 25.1. The Hall–Kier alpha value is -2.60. The number of benzene rings is 2.